The van der Waals surface area contributed by atoms with E-state index in [2.05, 4.69) is 15.1 Å². The lowest BCUT2D eigenvalue weighted by molar-refractivity contribution is 0.0994. The summed E-state index contributed by atoms with van der Waals surface area (Å²) in [4.78, 5) is 15.2. The third-order valence-electron chi connectivity index (χ3n) is 5.31. The Morgan fingerprint density at radius 1 is 1.03 bits per heavy atom. The number of hydrogen-bond donors (Lipinski definition) is 0. The van der Waals surface area contributed by atoms with Crippen LogP contribution < -0.4 is 0 Å². The minimum absolute atomic E-state index is 0.0554. The van der Waals surface area contributed by atoms with Gasteiger partial charge >= 0.3 is 0 Å². The smallest absolute Gasteiger partial charge is 0.196 e. The van der Waals surface area contributed by atoms with Gasteiger partial charge in [0.05, 0.1) is 11.8 Å². The summed E-state index contributed by atoms with van der Waals surface area (Å²) in [5.74, 6) is 0.477. The quantitative estimate of drug-likeness (QED) is 0.404. The summed E-state index contributed by atoms with van der Waals surface area (Å²) < 4.78 is 15.2. The number of hydrogen-bond acceptors (Lipinski definition) is 5. The van der Waals surface area contributed by atoms with Gasteiger partial charge in [0, 0.05) is 11.3 Å². The van der Waals surface area contributed by atoms with Crippen molar-refractivity contribution in [2.75, 3.05) is 13.1 Å². The molecule has 2 aromatic carbocycles. The maximum Gasteiger partial charge on any atom is 0.196 e. The van der Waals surface area contributed by atoms with Crippen LogP contribution in [0.5, 0.6) is 0 Å². The fourth-order valence-corrected chi connectivity index (χ4v) is 4.66. The molecule has 1 unspecified atom stereocenters. The number of ketones is 1. The van der Waals surface area contributed by atoms with E-state index in [-0.39, 0.29) is 16.9 Å². The van der Waals surface area contributed by atoms with Crippen LogP contribution in [0, 0.1) is 5.82 Å². The molecule has 30 heavy (non-hydrogen) atoms. The molecule has 5 nitrogen and oxygen atoms in total. The molecular weight excluding hydrogens is 399 g/mol. The SMILES string of the molecule is CC(Sc1nnc(CN2CCCCC2)n1-c1ccccc1)C(=O)c1ccc(F)cc1. The van der Waals surface area contributed by atoms with Gasteiger partial charge in [-0.25, -0.2) is 4.39 Å². The molecule has 0 radical (unpaired) electrons. The first-order valence-electron chi connectivity index (χ1n) is 10.3. The third-order valence-corrected chi connectivity index (χ3v) is 6.35. The van der Waals surface area contributed by atoms with Crippen LogP contribution in [-0.2, 0) is 6.54 Å². The van der Waals surface area contributed by atoms with Crippen molar-refractivity contribution < 1.29 is 9.18 Å². The molecule has 7 heteroatoms. The monoisotopic (exact) mass is 424 g/mol. The summed E-state index contributed by atoms with van der Waals surface area (Å²) in [6.45, 7) is 4.74. The number of rotatable bonds is 7. The topological polar surface area (TPSA) is 51.0 Å². The number of halogens is 1. The number of carbonyl (C=O) groups excluding carboxylic acids is 1. The Morgan fingerprint density at radius 3 is 2.43 bits per heavy atom. The maximum absolute atomic E-state index is 13.2. The predicted octanol–water partition coefficient (Wildman–Crippen LogP) is 4.76. The van der Waals surface area contributed by atoms with Crippen LogP contribution in [0.2, 0.25) is 0 Å². The van der Waals surface area contributed by atoms with Crippen molar-refractivity contribution in [2.45, 2.75) is 43.1 Å². The zero-order valence-corrected chi connectivity index (χ0v) is 17.8. The first-order chi connectivity index (χ1) is 14.6. The lowest BCUT2D eigenvalue weighted by Gasteiger charge is -2.26. The number of nitrogens with zero attached hydrogens (tertiary/aromatic N) is 4. The van der Waals surface area contributed by atoms with Crippen molar-refractivity contribution >= 4 is 17.5 Å². The van der Waals surface area contributed by atoms with Crippen LogP contribution in [0.3, 0.4) is 0 Å². The number of aromatic nitrogens is 3. The molecule has 1 aromatic heterocycles. The number of likely N-dealkylation sites (tertiary alicyclic amines) is 1. The van der Waals surface area contributed by atoms with E-state index in [4.69, 9.17) is 0 Å². The second-order valence-corrected chi connectivity index (χ2v) is 8.85. The van der Waals surface area contributed by atoms with E-state index in [1.165, 1.54) is 55.3 Å². The van der Waals surface area contributed by atoms with Crippen LogP contribution in [0.15, 0.2) is 59.8 Å². The van der Waals surface area contributed by atoms with Gasteiger partial charge in [0.2, 0.25) is 0 Å². The van der Waals surface area contributed by atoms with Crippen LogP contribution in [0.1, 0.15) is 42.4 Å². The summed E-state index contributed by atoms with van der Waals surface area (Å²) in [7, 11) is 0. The van der Waals surface area contributed by atoms with Gasteiger partial charge in [-0.2, -0.15) is 0 Å². The molecule has 0 aliphatic carbocycles. The summed E-state index contributed by atoms with van der Waals surface area (Å²) >= 11 is 1.38. The Balaban J connectivity index is 1.59. The molecule has 3 aromatic rings. The van der Waals surface area contributed by atoms with Crippen molar-refractivity contribution in [3.8, 4) is 5.69 Å². The molecule has 2 heterocycles. The van der Waals surface area contributed by atoms with Gasteiger partial charge in [0.15, 0.2) is 16.8 Å². The summed E-state index contributed by atoms with van der Waals surface area (Å²) in [6, 6.07) is 15.7. The molecule has 1 aliphatic rings. The van der Waals surface area contributed by atoms with Crippen molar-refractivity contribution in [1.82, 2.24) is 19.7 Å². The molecule has 0 N–H and O–H groups in total. The molecule has 1 saturated heterocycles. The first kappa shape index (κ1) is 20.8. The molecule has 0 saturated carbocycles. The van der Waals surface area contributed by atoms with Crippen molar-refractivity contribution in [3.63, 3.8) is 0 Å². The van der Waals surface area contributed by atoms with Gasteiger partial charge < -0.3 is 0 Å². The highest BCUT2D eigenvalue weighted by molar-refractivity contribution is 8.00. The molecule has 1 aliphatic heterocycles. The Hall–Kier alpha value is -2.51. The van der Waals surface area contributed by atoms with Crippen LogP contribution >= 0.6 is 11.8 Å². The molecule has 0 bridgehead atoms. The van der Waals surface area contributed by atoms with E-state index in [1.807, 2.05) is 41.8 Å². The van der Waals surface area contributed by atoms with Crippen LogP contribution in [0.4, 0.5) is 4.39 Å². The average Bonchev–Trinajstić information content (AvgIpc) is 3.17. The summed E-state index contributed by atoms with van der Waals surface area (Å²) in [5, 5.41) is 9.22. The highest BCUT2D eigenvalue weighted by atomic mass is 32.2. The van der Waals surface area contributed by atoms with Gasteiger partial charge in [-0.3, -0.25) is 14.3 Å². The highest BCUT2D eigenvalue weighted by Crippen LogP contribution is 2.28. The van der Waals surface area contributed by atoms with E-state index in [0.717, 1.165) is 31.1 Å². The van der Waals surface area contributed by atoms with E-state index in [0.29, 0.717) is 10.7 Å². The Kier molecular flexibility index (Phi) is 6.59. The zero-order chi connectivity index (χ0) is 20.9. The Labute approximate surface area is 180 Å². The fourth-order valence-electron chi connectivity index (χ4n) is 3.69. The lowest BCUT2D eigenvalue weighted by atomic mass is 10.1. The number of benzene rings is 2. The van der Waals surface area contributed by atoms with E-state index in [9.17, 15) is 9.18 Å². The molecule has 1 fully saturated rings. The standard InChI is InChI=1S/C23H25FN4OS/c1-17(22(29)18-10-12-19(24)13-11-18)30-23-26-25-21(16-27-14-6-3-7-15-27)28(23)20-8-4-2-5-9-20/h2,4-5,8-13,17H,3,6-7,14-16H2,1H3. The van der Waals surface area contributed by atoms with Crippen LogP contribution in [-0.4, -0.2) is 43.8 Å². The van der Waals surface area contributed by atoms with Crippen molar-refractivity contribution in [1.29, 1.82) is 0 Å². The van der Waals surface area contributed by atoms with Gasteiger partial charge in [-0.05, 0) is 69.3 Å². The van der Waals surface area contributed by atoms with Crippen molar-refractivity contribution in [3.05, 3.63) is 71.8 Å². The molecule has 1 atom stereocenters. The highest BCUT2D eigenvalue weighted by Gasteiger charge is 2.23. The molecule has 156 valence electrons. The maximum atomic E-state index is 13.2. The second kappa shape index (κ2) is 9.53. The second-order valence-electron chi connectivity index (χ2n) is 7.54. The normalized spacial score (nSPS) is 15.8. The Bertz CT molecular complexity index is 984. The number of thioether (sulfide) groups is 1. The number of carbonyl (C=O) groups is 1. The van der Waals surface area contributed by atoms with Gasteiger partial charge in [-0.1, -0.05) is 36.4 Å². The molecule has 0 spiro atoms. The van der Waals surface area contributed by atoms with Crippen molar-refractivity contribution in [2.24, 2.45) is 0 Å². The number of Topliss-reactive ketones (excluding diaryl/α,β-unsaturated/α-hetero) is 1. The minimum atomic E-state index is -0.370. The van der Waals surface area contributed by atoms with Gasteiger partial charge in [0.25, 0.3) is 0 Å². The molecular formula is C23H25FN4OS. The molecule has 4 rings (SSSR count). The van der Waals surface area contributed by atoms with Crippen LogP contribution in [0.25, 0.3) is 5.69 Å². The van der Waals surface area contributed by atoms with E-state index >= 15 is 0 Å². The third kappa shape index (κ3) is 4.79. The van der Waals surface area contributed by atoms with Gasteiger partial charge in [0.1, 0.15) is 5.82 Å². The fraction of sp³-hybridized carbons (Fsp3) is 0.348. The summed E-state index contributed by atoms with van der Waals surface area (Å²) in [5.41, 5.74) is 1.48. The number of piperidine rings is 1. The van der Waals surface area contributed by atoms with E-state index < -0.39 is 0 Å². The number of para-hydroxylation sites is 1. The first-order valence-corrected chi connectivity index (χ1v) is 11.2. The van der Waals surface area contributed by atoms with E-state index in [1.54, 1.807) is 0 Å². The summed E-state index contributed by atoms with van der Waals surface area (Å²) in [6.07, 6.45) is 3.71. The lowest BCUT2D eigenvalue weighted by Crippen LogP contribution is -2.30. The molecule has 0 amide bonds. The Morgan fingerprint density at radius 2 is 1.73 bits per heavy atom. The largest absolute Gasteiger partial charge is 0.296 e. The minimum Gasteiger partial charge on any atom is -0.296 e. The average molecular weight is 425 g/mol. The zero-order valence-electron chi connectivity index (χ0n) is 17.0. The van der Waals surface area contributed by atoms with Gasteiger partial charge in [-0.15, -0.1) is 10.2 Å². The predicted molar refractivity (Wildman–Crippen MR) is 117 cm³/mol.